The van der Waals surface area contributed by atoms with Gasteiger partial charge < -0.3 is 26.3 Å². The van der Waals surface area contributed by atoms with E-state index >= 15 is 0 Å². The molecule has 2 amide bonds. The van der Waals surface area contributed by atoms with E-state index in [0.717, 1.165) is 5.56 Å². The van der Waals surface area contributed by atoms with Gasteiger partial charge in [-0.25, -0.2) is 4.79 Å². The first kappa shape index (κ1) is 26.0. The van der Waals surface area contributed by atoms with E-state index in [4.69, 9.17) is 15.7 Å². The van der Waals surface area contributed by atoms with Crippen molar-refractivity contribution in [3.05, 3.63) is 94.5 Å². The molecule has 3 aromatic rings. The number of carbonyl (C=O) groups is 3. The topological polar surface area (TPSA) is 143 Å². The van der Waals surface area contributed by atoms with Crippen molar-refractivity contribution in [1.82, 2.24) is 0 Å². The molecule has 0 saturated carbocycles. The molecule has 0 heterocycles. The number of anilines is 2. The predicted molar refractivity (Wildman–Crippen MR) is 138 cm³/mol. The summed E-state index contributed by atoms with van der Waals surface area (Å²) in [5, 5.41) is 17.3. The summed E-state index contributed by atoms with van der Waals surface area (Å²) in [6, 6.07) is 17.8. The van der Waals surface area contributed by atoms with E-state index in [-0.39, 0.29) is 33.8 Å². The average molecular weight is 489 g/mol. The Morgan fingerprint density at radius 2 is 1.39 bits per heavy atom. The second kappa shape index (κ2) is 10.7. The van der Waals surface area contributed by atoms with Crippen LogP contribution in [-0.2, 0) is 10.2 Å². The third kappa shape index (κ3) is 6.06. The van der Waals surface area contributed by atoms with Crippen molar-refractivity contribution >= 4 is 35.0 Å². The Bertz CT molecular complexity index is 1320. The standard InChI is InChI=1S/C27H28N4O5/c1-27(2,3)20-11-8-16(9-12-20)24(32)30-22-15-19(26(34)36-4)10-13-21(22)29-25(33)18-7-5-6-17(14-18)23(28)31-35/h5-15,35H,1-4H3,(H2,28,31)(H,29,33)(H,30,32). The van der Waals surface area contributed by atoms with E-state index in [1.807, 2.05) is 12.1 Å². The molecule has 0 spiro atoms. The number of nitrogens with two attached hydrogens (primary N) is 1. The lowest BCUT2D eigenvalue weighted by atomic mass is 9.87. The van der Waals surface area contributed by atoms with Crippen molar-refractivity contribution in [3.63, 3.8) is 0 Å². The Morgan fingerprint density at radius 3 is 2.00 bits per heavy atom. The van der Waals surface area contributed by atoms with Gasteiger partial charge in [-0.1, -0.05) is 50.2 Å². The summed E-state index contributed by atoms with van der Waals surface area (Å²) in [5.74, 6) is -1.65. The highest BCUT2D eigenvalue weighted by atomic mass is 16.5. The molecule has 0 aromatic heterocycles. The maximum atomic E-state index is 13.0. The molecule has 0 unspecified atom stereocenters. The fourth-order valence-corrected chi connectivity index (χ4v) is 3.39. The molecule has 0 saturated heterocycles. The molecule has 186 valence electrons. The first-order valence-electron chi connectivity index (χ1n) is 11.1. The number of ether oxygens (including phenoxy) is 1. The number of hydrogen-bond donors (Lipinski definition) is 4. The van der Waals surface area contributed by atoms with E-state index in [9.17, 15) is 14.4 Å². The third-order valence-electron chi connectivity index (χ3n) is 5.48. The van der Waals surface area contributed by atoms with Crippen molar-refractivity contribution in [3.8, 4) is 0 Å². The van der Waals surface area contributed by atoms with Crippen LogP contribution in [0.3, 0.4) is 0 Å². The minimum absolute atomic E-state index is 0.0632. The zero-order valence-corrected chi connectivity index (χ0v) is 20.5. The average Bonchev–Trinajstić information content (AvgIpc) is 2.88. The number of nitrogens with zero attached hydrogens (tertiary/aromatic N) is 1. The summed E-state index contributed by atoms with van der Waals surface area (Å²) in [6.07, 6.45) is 0. The summed E-state index contributed by atoms with van der Waals surface area (Å²) in [4.78, 5) is 38.0. The number of oxime groups is 1. The Balaban J connectivity index is 1.91. The fraction of sp³-hybridized carbons (Fsp3) is 0.185. The zero-order chi connectivity index (χ0) is 26.5. The Morgan fingerprint density at radius 1 is 0.806 bits per heavy atom. The smallest absolute Gasteiger partial charge is 0.337 e. The molecular weight excluding hydrogens is 460 g/mol. The van der Waals surface area contributed by atoms with Gasteiger partial charge in [0.1, 0.15) is 0 Å². The van der Waals surface area contributed by atoms with Crippen LogP contribution in [0.4, 0.5) is 11.4 Å². The van der Waals surface area contributed by atoms with Crippen LogP contribution in [-0.4, -0.2) is 35.9 Å². The van der Waals surface area contributed by atoms with E-state index in [1.165, 1.54) is 31.4 Å². The van der Waals surface area contributed by atoms with Crippen molar-refractivity contribution in [2.45, 2.75) is 26.2 Å². The minimum Gasteiger partial charge on any atom is -0.465 e. The van der Waals surface area contributed by atoms with Gasteiger partial charge in [-0.3, -0.25) is 9.59 Å². The summed E-state index contributed by atoms with van der Waals surface area (Å²) in [5.41, 5.74) is 8.32. The summed E-state index contributed by atoms with van der Waals surface area (Å²) >= 11 is 0. The number of carbonyl (C=O) groups excluding carboxylic acids is 3. The fourth-order valence-electron chi connectivity index (χ4n) is 3.39. The Hall–Kier alpha value is -4.66. The monoisotopic (exact) mass is 488 g/mol. The number of benzene rings is 3. The van der Waals surface area contributed by atoms with Crippen LogP contribution < -0.4 is 16.4 Å². The summed E-state index contributed by atoms with van der Waals surface area (Å²) < 4.78 is 4.78. The maximum absolute atomic E-state index is 13.0. The van der Waals surface area contributed by atoms with Crippen LogP contribution >= 0.6 is 0 Å². The number of amidine groups is 1. The molecule has 9 nitrogen and oxygen atoms in total. The van der Waals surface area contributed by atoms with Gasteiger partial charge in [-0.05, 0) is 53.4 Å². The maximum Gasteiger partial charge on any atom is 0.337 e. The molecule has 5 N–H and O–H groups in total. The SMILES string of the molecule is COC(=O)c1ccc(NC(=O)c2cccc(C(N)=NO)c2)c(NC(=O)c2ccc(C(C)(C)C)cc2)c1. The number of rotatable bonds is 6. The largest absolute Gasteiger partial charge is 0.465 e. The molecule has 0 aliphatic rings. The van der Waals surface area contributed by atoms with Gasteiger partial charge in [0, 0.05) is 16.7 Å². The van der Waals surface area contributed by atoms with Gasteiger partial charge in [0.25, 0.3) is 11.8 Å². The van der Waals surface area contributed by atoms with Gasteiger partial charge in [0.05, 0.1) is 24.0 Å². The van der Waals surface area contributed by atoms with E-state index < -0.39 is 17.8 Å². The number of hydrogen-bond acceptors (Lipinski definition) is 6. The Kier molecular flexibility index (Phi) is 7.73. The molecule has 9 heteroatoms. The first-order valence-corrected chi connectivity index (χ1v) is 11.1. The van der Waals surface area contributed by atoms with E-state index in [2.05, 4.69) is 36.6 Å². The summed E-state index contributed by atoms with van der Waals surface area (Å²) in [7, 11) is 1.25. The Labute approximate surface area is 209 Å². The molecule has 0 aliphatic carbocycles. The lowest BCUT2D eigenvalue weighted by Crippen LogP contribution is -2.19. The predicted octanol–water partition coefficient (Wildman–Crippen LogP) is 4.37. The molecular formula is C27H28N4O5. The van der Waals surface area contributed by atoms with Crippen LogP contribution in [0, 0.1) is 0 Å². The normalized spacial score (nSPS) is 11.5. The quantitative estimate of drug-likeness (QED) is 0.133. The second-order valence-corrected chi connectivity index (χ2v) is 9.05. The van der Waals surface area contributed by atoms with Crippen LogP contribution in [0.2, 0.25) is 0 Å². The third-order valence-corrected chi connectivity index (χ3v) is 5.48. The molecule has 0 bridgehead atoms. The van der Waals surface area contributed by atoms with Crippen molar-refractivity contribution in [1.29, 1.82) is 0 Å². The van der Waals surface area contributed by atoms with Gasteiger partial charge in [-0.2, -0.15) is 0 Å². The number of nitrogens with one attached hydrogen (secondary N) is 2. The highest BCUT2D eigenvalue weighted by Crippen LogP contribution is 2.26. The summed E-state index contributed by atoms with van der Waals surface area (Å²) in [6.45, 7) is 6.24. The van der Waals surface area contributed by atoms with Crippen molar-refractivity contribution in [2.24, 2.45) is 10.9 Å². The molecule has 36 heavy (non-hydrogen) atoms. The number of methoxy groups -OCH3 is 1. The lowest BCUT2D eigenvalue weighted by molar-refractivity contribution is 0.0600. The first-order chi connectivity index (χ1) is 17.0. The van der Waals surface area contributed by atoms with Crippen LogP contribution in [0.5, 0.6) is 0 Å². The highest BCUT2D eigenvalue weighted by molar-refractivity contribution is 6.11. The second-order valence-electron chi connectivity index (χ2n) is 9.05. The highest BCUT2D eigenvalue weighted by Gasteiger charge is 2.18. The van der Waals surface area contributed by atoms with Gasteiger partial charge in [0.2, 0.25) is 0 Å². The van der Waals surface area contributed by atoms with E-state index in [0.29, 0.717) is 11.1 Å². The minimum atomic E-state index is -0.593. The molecule has 0 aliphatic heterocycles. The van der Waals surface area contributed by atoms with Gasteiger partial charge >= 0.3 is 5.97 Å². The van der Waals surface area contributed by atoms with Crippen LogP contribution in [0.15, 0.2) is 71.9 Å². The molecule has 3 rings (SSSR count). The molecule has 0 fully saturated rings. The number of esters is 1. The molecule has 0 radical (unpaired) electrons. The van der Waals surface area contributed by atoms with Crippen LogP contribution in [0.1, 0.15) is 63.0 Å². The van der Waals surface area contributed by atoms with Crippen molar-refractivity contribution in [2.75, 3.05) is 17.7 Å². The van der Waals surface area contributed by atoms with Crippen LogP contribution in [0.25, 0.3) is 0 Å². The van der Waals surface area contributed by atoms with Crippen molar-refractivity contribution < 1.29 is 24.3 Å². The number of amides is 2. The van der Waals surface area contributed by atoms with Gasteiger partial charge in [-0.15, -0.1) is 0 Å². The van der Waals surface area contributed by atoms with E-state index in [1.54, 1.807) is 30.3 Å². The molecule has 0 atom stereocenters. The molecule has 3 aromatic carbocycles. The lowest BCUT2D eigenvalue weighted by Gasteiger charge is -2.19. The van der Waals surface area contributed by atoms with Gasteiger partial charge in [0.15, 0.2) is 5.84 Å². The zero-order valence-electron chi connectivity index (χ0n) is 20.5.